The molecule has 0 saturated carbocycles. The van der Waals surface area contributed by atoms with Crippen molar-refractivity contribution in [2.24, 2.45) is 0 Å². The van der Waals surface area contributed by atoms with Crippen LogP contribution in [-0.2, 0) is 28.2 Å². The second-order valence-electron chi connectivity index (χ2n) is 8.29. The van der Waals surface area contributed by atoms with Crippen LogP contribution in [0.2, 0.25) is 0 Å². The summed E-state index contributed by atoms with van der Waals surface area (Å²) in [5.74, 6) is -1.26. The zero-order valence-corrected chi connectivity index (χ0v) is 16.8. The van der Waals surface area contributed by atoms with E-state index in [1.54, 1.807) is 17.0 Å². The molecule has 0 radical (unpaired) electrons. The Morgan fingerprint density at radius 2 is 2.03 bits per heavy atom. The molecule has 3 N–H and O–H groups in total. The fraction of sp³-hybridized carbons (Fsp3) is 0.364. The van der Waals surface area contributed by atoms with Crippen molar-refractivity contribution in [3.05, 3.63) is 64.7 Å². The highest BCUT2D eigenvalue weighted by Gasteiger charge is 2.41. The largest absolute Gasteiger partial charge is 0.322 e. The van der Waals surface area contributed by atoms with E-state index in [1.807, 2.05) is 12.1 Å². The van der Waals surface area contributed by atoms with Crippen molar-refractivity contribution in [3.8, 4) is 0 Å². The third kappa shape index (κ3) is 3.49. The molecule has 2 saturated heterocycles. The minimum atomic E-state index is -0.618. The van der Waals surface area contributed by atoms with Crippen LogP contribution in [0.3, 0.4) is 0 Å². The Balaban J connectivity index is 1.30. The molecule has 4 heterocycles. The van der Waals surface area contributed by atoms with Crippen molar-refractivity contribution < 1.29 is 18.8 Å². The lowest BCUT2D eigenvalue weighted by Crippen LogP contribution is -2.65. The zero-order valence-electron chi connectivity index (χ0n) is 16.8. The van der Waals surface area contributed by atoms with Crippen molar-refractivity contribution in [2.45, 2.75) is 37.5 Å². The highest BCUT2D eigenvalue weighted by Crippen LogP contribution is 2.29. The fourth-order valence-electron chi connectivity index (χ4n) is 4.44. The van der Waals surface area contributed by atoms with Crippen molar-refractivity contribution >= 4 is 17.7 Å². The Hall–Kier alpha value is -3.17. The number of fused-ring (bicyclic) bond motifs is 1. The lowest BCUT2D eigenvalue weighted by atomic mass is 9.87. The number of nitrogens with zero attached hydrogens (tertiary/aromatic N) is 2. The summed E-state index contributed by atoms with van der Waals surface area (Å²) in [4.78, 5) is 42.2. The summed E-state index contributed by atoms with van der Waals surface area (Å²) in [7, 11) is 0. The second-order valence-corrected chi connectivity index (χ2v) is 8.29. The van der Waals surface area contributed by atoms with Gasteiger partial charge in [0.2, 0.25) is 11.8 Å². The normalized spacial score (nSPS) is 22.2. The molecule has 3 amide bonds. The van der Waals surface area contributed by atoms with Gasteiger partial charge >= 0.3 is 0 Å². The van der Waals surface area contributed by atoms with E-state index < -0.39 is 11.9 Å². The van der Waals surface area contributed by atoms with E-state index in [-0.39, 0.29) is 29.6 Å². The molecule has 31 heavy (non-hydrogen) atoms. The van der Waals surface area contributed by atoms with Crippen LogP contribution in [-0.4, -0.2) is 46.7 Å². The Morgan fingerprint density at radius 1 is 1.19 bits per heavy atom. The Kier molecular flexibility index (Phi) is 4.79. The number of imide groups is 1. The van der Waals surface area contributed by atoms with Crippen LogP contribution in [0.25, 0.3) is 0 Å². The Labute approximate surface area is 178 Å². The minimum absolute atomic E-state index is 0.181. The maximum absolute atomic E-state index is 13.2. The molecule has 2 aromatic rings. The average molecular weight is 423 g/mol. The molecule has 2 fully saturated rings. The third-order valence-corrected chi connectivity index (χ3v) is 6.29. The molecule has 1 unspecified atom stereocenters. The van der Waals surface area contributed by atoms with Crippen LogP contribution in [0.5, 0.6) is 0 Å². The van der Waals surface area contributed by atoms with Crippen molar-refractivity contribution in [1.82, 2.24) is 25.8 Å². The SMILES string of the molecule is O=C1CCC(N2Cc3cc(CNC4(c5ccc(F)cn5)CNC4)ccc3C2=O)C(=O)N1. The molecular formula is C22H22FN5O3. The lowest BCUT2D eigenvalue weighted by Gasteiger charge is -2.43. The van der Waals surface area contributed by atoms with Gasteiger partial charge in [0, 0.05) is 38.2 Å². The van der Waals surface area contributed by atoms with Crippen molar-refractivity contribution in [2.75, 3.05) is 13.1 Å². The summed E-state index contributed by atoms with van der Waals surface area (Å²) in [5.41, 5.74) is 2.89. The number of aromatic nitrogens is 1. The van der Waals surface area contributed by atoms with Gasteiger partial charge in [0.05, 0.1) is 17.4 Å². The Morgan fingerprint density at radius 3 is 2.71 bits per heavy atom. The van der Waals surface area contributed by atoms with Gasteiger partial charge in [-0.15, -0.1) is 0 Å². The molecule has 0 bridgehead atoms. The predicted octanol–water partition coefficient (Wildman–Crippen LogP) is 0.570. The van der Waals surface area contributed by atoms with Gasteiger partial charge in [-0.25, -0.2) is 4.39 Å². The first kappa shape index (κ1) is 19.8. The third-order valence-electron chi connectivity index (χ3n) is 6.29. The van der Waals surface area contributed by atoms with Crippen LogP contribution in [0.15, 0.2) is 36.5 Å². The molecule has 1 aromatic heterocycles. The summed E-state index contributed by atoms with van der Waals surface area (Å²) >= 11 is 0. The molecule has 0 spiro atoms. The monoisotopic (exact) mass is 423 g/mol. The molecule has 5 rings (SSSR count). The molecule has 0 aliphatic carbocycles. The number of hydrogen-bond acceptors (Lipinski definition) is 6. The van der Waals surface area contributed by atoms with Crippen molar-refractivity contribution in [3.63, 3.8) is 0 Å². The molecule has 8 nitrogen and oxygen atoms in total. The van der Waals surface area contributed by atoms with Gasteiger partial charge in [0.1, 0.15) is 11.9 Å². The van der Waals surface area contributed by atoms with E-state index in [2.05, 4.69) is 20.9 Å². The van der Waals surface area contributed by atoms with Gasteiger partial charge in [-0.3, -0.25) is 30.0 Å². The van der Waals surface area contributed by atoms with Gasteiger partial charge in [-0.05, 0) is 35.7 Å². The maximum atomic E-state index is 13.2. The van der Waals surface area contributed by atoms with E-state index in [4.69, 9.17) is 0 Å². The number of piperidine rings is 1. The van der Waals surface area contributed by atoms with Gasteiger partial charge in [0.25, 0.3) is 5.91 Å². The topological polar surface area (TPSA) is 103 Å². The first-order valence-electron chi connectivity index (χ1n) is 10.3. The van der Waals surface area contributed by atoms with Crippen LogP contribution >= 0.6 is 0 Å². The standard InChI is InChI=1S/C22H22FN5O3/c23-15-2-5-18(25-9-15)22(11-24-12-22)26-8-13-1-3-16-14(7-13)10-28(21(16)31)17-4-6-19(29)27-20(17)30/h1-3,5,7,9,17,24,26H,4,6,8,10-12H2,(H,27,29,30). The van der Waals surface area contributed by atoms with E-state index in [9.17, 15) is 18.8 Å². The fourth-order valence-corrected chi connectivity index (χ4v) is 4.44. The number of benzene rings is 1. The quantitative estimate of drug-likeness (QED) is 0.608. The van der Waals surface area contributed by atoms with Crippen molar-refractivity contribution in [1.29, 1.82) is 0 Å². The lowest BCUT2D eigenvalue weighted by molar-refractivity contribution is -0.136. The smallest absolute Gasteiger partial charge is 0.255 e. The zero-order chi connectivity index (χ0) is 21.6. The number of nitrogens with one attached hydrogen (secondary N) is 3. The Bertz CT molecular complexity index is 1070. The van der Waals surface area contributed by atoms with E-state index >= 15 is 0 Å². The van der Waals surface area contributed by atoms with Gasteiger partial charge in [0.15, 0.2) is 0 Å². The number of halogens is 1. The molecule has 1 aromatic carbocycles. The number of rotatable bonds is 5. The van der Waals surface area contributed by atoms with Gasteiger partial charge < -0.3 is 10.2 Å². The first-order chi connectivity index (χ1) is 14.9. The van der Waals surface area contributed by atoms with E-state index in [1.165, 1.54) is 12.3 Å². The van der Waals surface area contributed by atoms with Crippen LogP contribution < -0.4 is 16.0 Å². The van der Waals surface area contributed by atoms with Gasteiger partial charge in [-0.2, -0.15) is 0 Å². The van der Waals surface area contributed by atoms with E-state index in [0.29, 0.717) is 38.2 Å². The summed E-state index contributed by atoms with van der Waals surface area (Å²) in [6.07, 6.45) is 1.81. The summed E-state index contributed by atoms with van der Waals surface area (Å²) in [5, 5.41) is 9.08. The van der Waals surface area contributed by atoms with Gasteiger partial charge in [-0.1, -0.05) is 12.1 Å². The highest BCUT2D eigenvalue weighted by atomic mass is 19.1. The molecule has 3 aliphatic heterocycles. The summed E-state index contributed by atoms with van der Waals surface area (Å²) in [6.45, 7) is 2.29. The second kappa shape index (κ2) is 7.51. The average Bonchev–Trinajstić information content (AvgIpc) is 3.04. The molecule has 160 valence electrons. The van der Waals surface area contributed by atoms with Crippen LogP contribution in [0.1, 0.15) is 40.0 Å². The molecule has 1 atom stereocenters. The summed E-state index contributed by atoms with van der Waals surface area (Å²) < 4.78 is 13.2. The maximum Gasteiger partial charge on any atom is 0.255 e. The predicted molar refractivity (Wildman–Crippen MR) is 108 cm³/mol. The minimum Gasteiger partial charge on any atom is -0.322 e. The number of carbonyl (C=O) groups is 3. The molecular weight excluding hydrogens is 401 g/mol. The van der Waals surface area contributed by atoms with E-state index in [0.717, 1.165) is 16.8 Å². The summed E-state index contributed by atoms with van der Waals surface area (Å²) in [6, 6.07) is 8.16. The number of carbonyl (C=O) groups excluding carboxylic acids is 3. The molecule has 9 heteroatoms. The number of hydrogen-bond donors (Lipinski definition) is 3. The molecule has 3 aliphatic rings. The number of amides is 3. The highest BCUT2D eigenvalue weighted by molar-refractivity contribution is 6.05. The van der Waals surface area contributed by atoms with Crippen LogP contribution in [0, 0.1) is 5.82 Å². The number of pyridine rings is 1. The first-order valence-corrected chi connectivity index (χ1v) is 10.3. The van der Waals surface area contributed by atoms with Crippen LogP contribution in [0.4, 0.5) is 4.39 Å².